The molecule has 8 nitrogen and oxygen atoms in total. The molecule has 2 amide bonds. The number of hydrogen-bond acceptors (Lipinski definition) is 6. The van der Waals surface area contributed by atoms with Crippen LogP contribution in [-0.4, -0.2) is 33.0 Å². The van der Waals surface area contributed by atoms with Crippen LogP contribution >= 0.6 is 11.3 Å². The fourth-order valence-electron chi connectivity index (χ4n) is 4.37. The zero-order chi connectivity index (χ0) is 27.3. The Balaban J connectivity index is 1.35. The normalized spacial score (nSPS) is 14.6. The highest BCUT2D eigenvalue weighted by Gasteiger charge is 2.36. The molecule has 6 rings (SSSR count). The number of halogens is 3. The van der Waals surface area contributed by atoms with Crippen LogP contribution in [0.15, 0.2) is 83.7 Å². The number of carbonyl (C=O) groups is 2. The molecular formula is C27H16F3N5O3S. The van der Waals surface area contributed by atoms with Gasteiger partial charge in [0.15, 0.2) is 5.82 Å². The Bertz CT molecular complexity index is 1880. The summed E-state index contributed by atoms with van der Waals surface area (Å²) in [5.74, 6) is -0.905. The highest BCUT2D eigenvalue weighted by molar-refractivity contribution is 7.15. The first-order valence-corrected chi connectivity index (χ1v) is 12.4. The van der Waals surface area contributed by atoms with Gasteiger partial charge in [-0.1, -0.05) is 65.9 Å². The van der Waals surface area contributed by atoms with Crippen LogP contribution in [0, 0.1) is 0 Å². The van der Waals surface area contributed by atoms with Crippen LogP contribution in [-0.2, 0) is 15.8 Å². The predicted molar refractivity (Wildman–Crippen MR) is 139 cm³/mol. The van der Waals surface area contributed by atoms with Crippen molar-refractivity contribution in [1.29, 1.82) is 0 Å². The number of nitrogens with zero attached hydrogens (tertiary/aromatic N) is 4. The van der Waals surface area contributed by atoms with Crippen LogP contribution in [0.3, 0.4) is 0 Å². The van der Waals surface area contributed by atoms with Crippen molar-refractivity contribution in [3.8, 4) is 11.4 Å². The first kappa shape index (κ1) is 24.5. The summed E-state index contributed by atoms with van der Waals surface area (Å²) in [5, 5.41) is 6.73. The maximum atomic E-state index is 13.6. The van der Waals surface area contributed by atoms with E-state index in [-0.39, 0.29) is 15.8 Å². The quantitative estimate of drug-likeness (QED) is 0.370. The Morgan fingerprint density at radius 1 is 0.949 bits per heavy atom. The van der Waals surface area contributed by atoms with E-state index in [0.717, 1.165) is 33.5 Å². The molecule has 3 aromatic carbocycles. The van der Waals surface area contributed by atoms with Gasteiger partial charge in [0.2, 0.25) is 10.9 Å². The Hall–Kier alpha value is -4.84. The molecule has 2 aromatic heterocycles. The summed E-state index contributed by atoms with van der Waals surface area (Å²) in [7, 11) is 0. The third-order valence-corrected chi connectivity index (χ3v) is 7.14. The number of rotatable bonds is 4. The summed E-state index contributed by atoms with van der Waals surface area (Å²) >= 11 is 1.02. The maximum absolute atomic E-state index is 13.6. The second kappa shape index (κ2) is 9.17. The second-order valence-electron chi connectivity index (χ2n) is 8.64. The van der Waals surface area contributed by atoms with Crippen molar-refractivity contribution in [3.63, 3.8) is 0 Å². The molecule has 0 atom stereocenters. The van der Waals surface area contributed by atoms with Gasteiger partial charge in [0.1, 0.15) is 11.1 Å². The number of nitrogens with one attached hydrogen (secondary N) is 1. The van der Waals surface area contributed by atoms with Crippen molar-refractivity contribution < 1.29 is 22.8 Å². The minimum absolute atomic E-state index is 0.0550. The van der Waals surface area contributed by atoms with E-state index in [1.54, 1.807) is 24.3 Å². The van der Waals surface area contributed by atoms with Crippen molar-refractivity contribution in [1.82, 2.24) is 14.6 Å². The molecule has 0 spiro atoms. The van der Waals surface area contributed by atoms with Gasteiger partial charge < -0.3 is 5.32 Å². The molecule has 1 aliphatic rings. The molecule has 0 saturated carbocycles. The van der Waals surface area contributed by atoms with Crippen LogP contribution in [0.4, 0.5) is 24.5 Å². The minimum Gasteiger partial charge on any atom is -0.325 e. The summed E-state index contributed by atoms with van der Waals surface area (Å²) in [4.78, 5) is 45.6. The molecule has 39 heavy (non-hydrogen) atoms. The summed E-state index contributed by atoms with van der Waals surface area (Å²) in [6.07, 6.45) is -4.57. The highest BCUT2D eigenvalue weighted by Crippen LogP contribution is 2.35. The number of benzene rings is 3. The lowest BCUT2D eigenvalue weighted by Gasteiger charge is -2.17. The Labute approximate surface area is 221 Å². The topological polar surface area (TPSA) is 96.7 Å². The van der Waals surface area contributed by atoms with Gasteiger partial charge in [-0.05, 0) is 24.3 Å². The molecule has 0 radical (unpaired) electrons. The average molecular weight is 548 g/mol. The van der Waals surface area contributed by atoms with Crippen LogP contribution in [0.2, 0.25) is 0 Å². The molecule has 0 aliphatic carbocycles. The molecule has 12 heteroatoms. The Kier molecular flexibility index (Phi) is 5.76. The van der Waals surface area contributed by atoms with E-state index in [0.29, 0.717) is 22.0 Å². The Morgan fingerprint density at radius 3 is 2.44 bits per heavy atom. The van der Waals surface area contributed by atoms with Crippen molar-refractivity contribution in [2.24, 2.45) is 0 Å². The number of fused-ring (bicyclic) bond motifs is 2. The van der Waals surface area contributed by atoms with Gasteiger partial charge in [0, 0.05) is 16.8 Å². The number of alkyl halides is 3. The standard InChI is InChI=1S/C27H16F3N5O3S/c28-27(29,30)16-9-6-10-17(13-16)31-20(36)14-34-19-12-5-4-11-18(19)21(24(34)37)22-25(38)35-26(39-22)32-23(33-35)15-7-2-1-3-8-15/h1-13H,14H2,(H,31,36)/b22-21-. The van der Waals surface area contributed by atoms with Gasteiger partial charge in [-0.2, -0.15) is 22.7 Å². The monoisotopic (exact) mass is 547 g/mol. The fraction of sp³-hybridized carbons (Fsp3) is 0.0741. The van der Waals surface area contributed by atoms with Gasteiger partial charge >= 0.3 is 6.18 Å². The number of carbonyl (C=O) groups excluding carboxylic acids is 2. The number of hydrogen-bond donors (Lipinski definition) is 1. The molecule has 0 saturated heterocycles. The van der Waals surface area contributed by atoms with E-state index in [1.165, 1.54) is 17.0 Å². The van der Waals surface area contributed by atoms with E-state index in [1.807, 2.05) is 30.3 Å². The SMILES string of the molecule is O=C(CN1C(=O)/C(=c2\sc3nc(-c4ccccc4)nn3c2=O)c2ccccc21)Nc1cccc(C(F)(F)F)c1. The third kappa shape index (κ3) is 4.34. The zero-order valence-corrected chi connectivity index (χ0v) is 20.6. The fourth-order valence-corrected chi connectivity index (χ4v) is 5.37. The van der Waals surface area contributed by atoms with Crippen LogP contribution in [0.1, 0.15) is 11.1 Å². The molecule has 0 fully saturated rings. The van der Waals surface area contributed by atoms with Crippen LogP contribution in [0.5, 0.6) is 0 Å². The minimum atomic E-state index is -4.57. The van der Waals surface area contributed by atoms with E-state index in [2.05, 4.69) is 15.4 Å². The zero-order valence-electron chi connectivity index (χ0n) is 19.8. The predicted octanol–water partition coefficient (Wildman–Crippen LogP) is 3.74. The molecule has 1 aliphatic heterocycles. The first-order chi connectivity index (χ1) is 18.7. The Morgan fingerprint density at radius 2 is 1.69 bits per heavy atom. The molecular weight excluding hydrogens is 531 g/mol. The average Bonchev–Trinajstić information content (AvgIpc) is 3.55. The lowest BCUT2D eigenvalue weighted by molar-refractivity contribution is -0.137. The molecule has 194 valence electrons. The van der Waals surface area contributed by atoms with Crippen LogP contribution < -0.4 is 20.3 Å². The molecule has 0 bridgehead atoms. The van der Waals surface area contributed by atoms with Gasteiger partial charge in [-0.25, -0.2) is 0 Å². The number of para-hydroxylation sites is 1. The van der Waals surface area contributed by atoms with Crippen molar-refractivity contribution in [2.45, 2.75) is 6.18 Å². The van der Waals surface area contributed by atoms with E-state index >= 15 is 0 Å². The van der Waals surface area contributed by atoms with Gasteiger partial charge in [-0.15, -0.1) is 5.10 Å². The van der Waals surface area contributed by atoms with Crippen molar-refractivity contribution in [2.75, 3.05) is 16.8 Å². The molecule has 5 aromatic rings. The second-order valence-corrected chi connectivity index (χ2v) is 9.62. The first-order valence-electron chi connectivity index (χ1n) is 11.6. The third-order valence-electron chi connectivity index (χ3n) is 6.12. The number of thiazole rings is 1. The van der Waals surface area contributed by atoms with Crippen molar-refractivity contribution in [3.05, 3.63) is 105 Å². The maximum Gasteiger partial charge on any atom is 0.416 e. The lowest BCUT2D eigenvalue weighted by atomic mass is 10.1. The summed E-state index contributed by atoms with van der Waals surface area (Å²) in [5.41, 5.74) is 0.231. The van der Waals surface area contributed by atoms with E-state index in [9.17, 15) is 27.6 Å². The molecule has 0 unspecified atom stereocenters. The van der Waals surface area contributed by atoms with Gasteiger partial charge in [0.25, 0.3) is 11.5 Å². The number of aromatic nitrogens is 3. The summed E-state index contributed by atoms with van der Waals surface area (Å²) < 4.78 is 40.4. The van der Waals surface area contributed by atoms with Crippen molar-refractivity contribution >= 4 is 45.1 Å². The summed E-state index contributed by atoms with van der Waals surface area (Å²) in [6.45, 7) is -0.470. The number of amides is 2. The smallest absolute Gasteiger partial charge is 0.325 e. The summed E-state index contributed by atoms with van der Waals surface area (Å²) in [6, 6.07) is 20.0. The van der Waals surface area contributed by atoms with Gasteiger partial charge in [0.05, 0.1) is 16.8 Å². The van der Waals surface area contributed by atoms with Crippen LogP contribution in [0.25, 0.3) is 21.9 Å². The molecule has 1 N–H and O–H groups in total. The van der Waals surface area contributed by atoms with Gasteiger partial charge in [-0.3, -0.25) is 19.3 Å². The number of anilines is 2. The largest absolute Gasteiger partial charge is 0.416 e. The highest BCUT2D eigenvalue weighted by atomic mass is 32.1. The lowest BCUT2D eigenvalue weighted by Crippen LogP contribution is -2.37. The molecule has 3 heterocycles. The van der Waals surface area contributed by atoms with E-state index < -0.39 is 35.7 Å². The van der Waals surface area contributed by atoms with E-state index in [4.69, 9.17) is 0 Å².